The highest BCUT2D eigenvalue weighted by molar-refractivity contribution is 6.17. The first-order chi connectivity index (χ1) is 6.99. The average Bonchev–Trinajstić information content (AvgIpc) is 2.21. The summed E-state index contributed by atoms with van der Waals surface area (Å²) in [5.41, 5.74) is -0.301. The van der Waals surface area contributed by atoms with Crippen LogP contribution in [0.4, 0.5) is 0 Å². The Balaban J connectivity index is 4.02. The molecule has 0 spiro atoms. The number of carbonyl (C=O) groups is 3. The topological polar surface area (TPSA) is 69.7 Å². The molecule has 5 nitrogen and oxygen atoms in total. The van der Waals surface area contributed by atoms with Crippen molar-refractivity contribution >= 4 is 17.7 Å². The Labute approximate surface area is 88.0 Å². The minimum Gasteiger partial charge on any atom is -0.462 e. The van der Waals surface area contributed by atoms with Crippen molar-refractivity contribution in [2.45, 2.75) is 20.3 Å². The third kappa shape index (κ3) is 5.61. The highest BCUT2D eigenvalue weighted by Gasteiger charge is 2.17. The van der Waals surface area contributed by atoms with E-state index in [-0.39, 0.29) is 12.2 Å². The van der Waals surface area contributed by atoms with E-state index in [1.807, 2.05) is 6.92 Å². The smallest absolute Gasteiger partial charge is 0.341 e. The normalized spacial score (nSPS) is 9.20. The Bertz CT molecular complexity index is 280. The number of hydrogen-bond acceptors (Lipinski definition) is 5. The fourth-order valence-corrected chi connectivity index (χ4v) is 0.650. The first-order valence-electron chi connectivity index (χ1n) is 4.51. The van der Waals surface area contributed by atoms with Crippen LogP contribution in [-0.4, -0.2) is 30.9 Å². The zero-order chi connectivity index (χ0) is 11.8. The molecule has 5 heteroatoms. The second kappa shape index (κ2) is 6.75. The summed E-state index contributed by atoms with van der Waals surface area (Å²) in [6.07, 6.45) is 0.664. The van der Waals surface area contributed by atoms with Gasteiger partial charge in [-0.1, -0.05) is 13.5 Å². The van der Waals surface area contributed by atoms with Gasteiger partial charge in [0.05, 0.1) is 12.2 Å². The van der Waals surface area contributed by atoms with Crippen LogP contribution in [0.2, 0.25) is 0 Å². The quantitative estimate of drug-likeness (QED) is 0.281. The number of esters is 2. The van der Waals surface area contributed by atoms with Crippen molar-refractivity contribution in [2.75, 3.05) is 13.2 Å². The van der Waals surface area contributed by atoms with Crippen LogP contribution >= 0.6 is 0 Å². The third-order valence-electron chi connectivity index (χ3n) is 1.43. The predicted molar refractivity (Wildman–Crippen MR) is 52.0 cm³/mol. The number of hydrogen-bond donors (Lipinski definition) is 0. The molecular formula is C10H14O5. The summed E-state index contributed by atoms with van der Waals surface area (Å²) >= 11 is 0. The lowest BCUT2D eigenvalue weighted by molar-refractivity contribution is -0.147. The summed E-state index contributed by atoms with van der Waals surface area (Å²) in [5, 5.41) is 0. The largest absolute Gasteiger partial charge is 0.462 e. The number of rotatable bonds is 6. The van der Waals surface area contributed by atoms with Crippen molar-refractivity contribution in [3.8, 4) is 0 Å². The lowest BCUT2D eigenvalue weighted by Crippen LogP contribution is -2.20. The van der Waals surface area contributed by atoms with Crippen molar-refractivity contribution in [3.63, 3.8) is 0 Å². The molecular weight excluding hydrogens is 200 g/mol. The summed E-state index contributed by atoms with van der Waals surface area (Å²) < 4.78 is 9.10. The molecule has 0 rings (SSSR count). The SMILES string of the molecule is C=C(C(=O)COC(C)=O)C(=O)OCCC. The van der Waals surface area contributed by atoms with E-state index >= 15 is 0 Å². The van der Waals surface area contributed by atoms with Crippen LogP contribution in [0, 0.1) is 0 Å². The fraction of sp³-hybridized carbons (Fsp3) is 0.500. The molecule has 0 aliphatic rings. The van der Waals surface area contributed by atoms with Crippen molar-refractivity contribution in [2.24, 2.45) is 0 Å². The Morgan fingerprint density at radius 3 is 2.27 bits per heavy atom. The summed E-state index contributed by atoms with van der Waals surface area (Å²) in [6.45, 7) is 6.03. The highest BCUT2D eigenvalue weighted by atomic mass is 16.5. The van der Waals surface area contributed by atoms with Gasteiger partial charge in [-0.25, -0.2) is 4.79 Å². The molecule has 0 radical (unpaired) electrons. The first-order valence-corrected chi connectivity index (χ1v) is 4.51. The average molecular weight is 214 g/mol. The zero-order valence-corrected chi connectivity index (χ0v) is 8.87. The number of carbonyl (C=O) groups excluding carboxylic acids is 3. The minimum absolute atomic E-state index is 0.235. The Hall–Kier alpha value is -1.65. The molecule has 0 atom stereocenters. The van der Waals surface area contributed by atoms with Gasteiger partial charge in [-0.3, -0.25) is 9.59 Å². The lowest BCUT2D eigenvalue weighted by atomic mass is 10.2. The van der Waals surface area contributed by atoms with Gasteiger partial charge in [0, 0.05) is 6.92 Å². The van der Waals surface area contributed by atoms with Gasteiger partial charge in [0.2, 0.25) is 5.78 Å². The molecule has 0 aliphatic heterocycles. The van der Waals surface area contributed by atoms with Crippen molar-refractivity contribution in [1.29, 1.82) is 0 Å². The highest BCUT2D eigenvalue weighted by Crippen LogP contribution is 1.98. The molecule has 0 N–H and O–H groups in total. The van der Waals surface area contributed by atoms with Gasteiger partial charge in [0.15, 0.2) is 6.61 Å². The van der Waals surface area contributed by atoms with Gasteiger partial charge < -0.3 is 9.47 Å². The molecule has 15 heavy (non-hydrogen) atoms. The summed E-state index contributed by atoms with van der Waals surface area (Å²) in [7, 11) is 0. The van der Waals surface area contributed by atoms with Crippen LogP contribution < -0.4 is 0 Å². The predicted octanol–water partition coefficient (Wildman–Crippen LogP) is 0.628. The maximum absolute atomic E-state index is 11.2. The van der Waals surface area contributed by atoms with E-state index in [9.17, 15) is 14.4 Å². The van der Waals surface area contributed by atoms with E-state index in [1.165, 1.54) is 6.92 Å². The fourth-order valence-electron chi connectivity index (χ4n) is 0.650. The Kier molecular flexibility index (Phi) is 6.01. The minimum atomic E-state index is -0.769. The second-order valence-electron chi connectivity index (χ2n) is 2.82. The van der Waals surface area contributed by atoms with Gasteiger partial charge in [-0.2, -0.15) is 0 Å². The molecule has 0 saturated carbocycles. The van der Waals surface area contributed by atoms with Gasteiger partial charge in [0.25, 0.3) is 0 Å². The Morgan fingerprint density at radius 2 is 1.80 bits per heavy atom. The van der Waals surface area contributed by atoms with Crippen LogP contribution in [0.15, 0.2) is 12.2 Å². The Morgan fingerprint density at radius 1 is 1.20 bits per heavy atom. The molecule has 0 saturated heterocycles. The molecule has 0 fully saturated rings. The van der Waals surface area contributed by atoms with Gasteiger partial charge >= 0.3 is 11.9 Å². The molecule has 0 aromatic heterocycles. The van der Waals surface area contributed by atoms with E-state index in [4.69, 9.17) is 0 Å². The summed E-state index contributed by atoms with van der Waals surface area (Å²) in [5.74, 6) is -2.00. The molecule has 0 bridgehead atoms. The maximum atomic E-state index is 11.2. The maximum Gasteiger partial charge on any atom is 0.341 e. The van der Waals surface area contributed by atoms with Gasteiger partial charge in [-0.15, -0.1) is 0 Å². The van der Waals surface area contributed by atoms with E-state index in [0.29, 0.717) is 6.42 Å². The first kappa shape index (κ1) is 13.4. The van der Waals surface area contributed by atoms with E-state index < -0.39 is 24.3 Å². The lowest BCUT2D eigenvalue weighted by Gasteiger charge is -2.05. The molecule has 84 valence electrons. The van der Waals surface area contributed by atoms with Crippen LogP contribution in [0.1, 0.15) is 20.3 Å². The number of ketones is 1. The van der Waals surface area contributed by atoms with Crippen LogP contribution in [0.25, 0.3) is 0 Å². The van der Waals surface area contributed by atoms with Crippen LogP contribution in [0.3, 0.4) is 0 Å². The molecule has 0 aromatic carbocycles. The van der Waals surface area contributed by atoms with Crippen molar-refractivity contribution in [1.82, 2.24) is 0 Å². The van der Waals surface area contributed by atoms with E-state index in [0.717, 1.165) is 0 Å². The monoisotopic (exact) mass is 214 g/mol. The summed E-state index contributed by atoms with van der Waals surface area (Å²) in [6, 6.07) is 0. The van der Waals surface area contributed by atoms with Gasteiger partial charge in [0.1, 0.15) is 0 Å². The molecule has 0 heterocycles. The molecule has 0 aromatic rings. The number of ether oxygens (including phenoxy) is 2. The van der Waals surface area contributed by atoms with Gasteiger partial charge in [-0.05, 0) is 6.42 Å². The number of Topliss-reactive ketones (excluding diaryl/α,β-unsaturated/α-hetero) is 1. The molecule has 0 unspecified atom stereocenters. The standard InChI is InChI=1S/C10H14O5/c1-4-5-14-10(13)7(2)9(12)6-15-8(3)11/h2,4-6H2,1,3H3. The third-order valence-corrected chi connectivity index (χ3v) is 1.43. The zero-order valence-electron chi connectivity index (χ0n) is 8.87. The second-order valence-corrected chi connectivity index (χ2v) is 2.82. The van der Waals surface area contributed by atoms with E-state index in [1.54, 1.807) is 0 Å². The van der Waals surface area contributed by atoms with Crippen molar-refractivity contribution < 1.29 is 23.9 Å². The molecule has 0 aliphatic carbocycles. The van der Waals surface area contributed by atoms with E-state index in [2.05, 4.69) is 16.1 Å². The molecule has 0 amide bonds. The van der Waals surface area contributed by atoms with Crippen LogP contribution in [-0.2, 0) is 23.9 Å². The van der Waals surface area contributed by atoms with Crippen molar-refractivity contribution in [3.05, 3.63) is 12.2 Å². The van der Waals surface area contributed by atoms with Crippen LogP contribution in [0.5, 0.6) is 0 Å². The summed E-state index contributed by atoms with van der Waals surface area (Å²) in [4.78, 5) is 32.7.